The summed E-state index contributed by atoms with van der Waals surface area (Å²) < 4.78 is 0. The summed E-state index contributed by atoms with van der Waals surface area (Å²) >= 11 is 0. The molecule has 13 heavy (non-hydrogen) atoms. The highest BCUT2D eigenvalue weighted by Crippen LogP contribution is 2.10. The maximum atomic E-state index is 4.29. The summed E-state index contributed by atoms with van der Waals surface area (Å²) in [5.41, 5.74) is 1.27. The van der Waals surface area contributed by atoms with Crippen molar-refractivity contribution < 1.29 is 0 Å². The van der Waals surface area contributed by atoms with Gasteiger partial charge in [-0.3, -0.25) is 0 Å². The number of rotatable bonds is 4. The largest absolute Gasteiger partial charge is 0.360 e. The van der Waals surface area contributed by atoms with Gasteiger partial charge in [0.1, 0.15) is 5.82 Å². The molecule has 3 nitrogen and oxygen atoms in total. The van der Waals surface area contributed by atoms with Crippen LogP contribution in [0.1, 0.15) is 12.5 Å². The molecule has 1 N–H and O–H groups in total. The number of hydrogen-bond donors (Lipinski definition) is 1. The first kappa shape index (κ1) is 9.99. The van der Waals surface area contributed by atoms with Gasteiger partial charge in [0.15, 0.2) is 0 Å². The molecule has 3 heteroatoms. The maximum Gasteiger partial charge on any atom is 0.128 e. The molecule has 0 saturated heterocycles. The lowest BCUT2D eigenvalue weighted by molar-refractivity contribution is 0.813. The minimum Gasteiger partial charge on any atom is -0.360 e. The van der Waals surface area contributed by atoms with Gasteiger partial charge in [-0.15, -0.1) is 0 Å². The molecule has 1 aromatic rings. The van der Waals surface area contributed by atoms with Gasteiger partial charge in [-0.25, -0.2) is 4.98 Å². The average molecular weight is 179 g/mol. The summed E-state index contributed by atoms with van der Waals surface area (Å²) in [6, 6.07) is 4.14. The lowest BCUT2D eigenvalue weighted by Gasteiger charge is -2.15. The molecule has 0 saturated carbocycles. The SMILES string of the molecule is CCN(C)c1cc(CNC)ccn1. The molecule has 0 fully saturated rings. The van der Waals surface area contributed by atoms with E-state index in [0.717, 1.165) is 18.9 Å². The highest BCUT2D eigenvalue weighted by atomic mass is 15.1. The molecule has 0 aliphatic heterocycles. The molecular formula is C10H17N3. The van der Waals surface area contributed by atoms with E-state index in [1.54, 1.807) is 0 Å². The Morgan fingerprint density at radius 1 is 1.54 bits per heavy atom. The lowest BCUT2D eigenvalue weighted by Crippen LogP contribution is -2.17. The smallest absolute Gasteiger partial charge is 0.128 e. The summed E-state index contributed by atoms with van der Waals surface area (Å²) in [7, 11) is 4.00. The van der Waals surface area contributed by atoms with Crippen molar-refractivity contribution in [1.82, 2.24) is 10.3 Å². The summed E-state index contributed by atoms with van der Waals surface area (Å²) in [6.07, 6.45) is 1.86. The van der Waals surface area contributed by atoms with Crippen LogP contribution in [0, 0.1) is 0 Å². The quantitative estimate of drug-likeness (QED) is 0.754. The second-order valence-corrected chi connectivity index (χ2v) is 3.07. The fourth-order valence-electron chi connectivity index (χ4n) is 1.15. The van der Waals surface area contributed by atoms with Crippen molar-refractivity contribution >= 4 is 5.82 Å². The second-order valence-electron chi connectivity index (χ2n) is 3.07. The number of nitrogens with zero attached hydrogens (tertiary/aromatic N) is 2. The summed E-state index contributed by atoms with van der Waals surface area (Å²) in [6.45, 7) is 4.00. The van der Waals surface area contributed by atoms with Crippen LogP contribution < -0.4 is 10.2 Å². The van der Waals surface area contributed by atoms with Gasteiger partial charge >= 0.3 is 0 Å². The topological polar surface area (TPSA) is 28.2 Å². The van der Waals surface area contributed by atoms with Gasteiger partial charge in [0, 0.05) is 26.3 Å². The van der Waals surface area contributed by atoms with Crippen molar-refractivity contribution in [3.05, 3.63) is 23.9 Å². The van der Waals surface area contributed by atoms with E-state index in [0.29, 0.717) is 0 Å². The van der Waals surface area contributed by atoms with E-state index in [-0.39, 0.29) is 0 Å². The van der Waals surface area contributed by atoms with Crippen LogP contribution in [-0.2, 0) is 6.54 Å². The number of nitrogens with one attached hydrogen (secondary N) is 1. The average Bonchev–Trinajstić information content (AvgIpc) is 2.18. The van der Waals surface area contributed by atoms with E-state index in [9.17, 15) is 0 Å². The standard InChI is InChI=1S/C10H17N3/c1-4-13(3)10-7-9(8-11-2)5-6-12-10/h5-7,11H,4,8H2,1-3H3. The molecule has 0 unspecified atom stereocenters. The van der Waals surface area contributed by atoms with Crippen LogP contribution in [0.3, 0.4) is 0 Å². The third kappa shape index (κ3) is 2.70. The van der Waals surface area contributed by atoms with Crippen LogP contribution >= 0.6 is 0 Å². The van der Waals surface area contributed by atoms with Gasteiger partial charge in [0.25, 0.3) is 0 Å². The van der Waals surface area contributed by atoms with Crippen molar-refractivity contribution in [3.63, 3.8) is 0 Å². The second kappa shape index (κ2) is 4.82. The molecule has 0 spiro atoms. The minimum absolute atomic E-state index is 0.896. The third-order valence-electron chi connectivity index (χ3n) is 2.06. The number of pyridine rings is 1. The molecule has 72 valence electrons. The number of aromatic nitrogens is 1. The Hall–Kier alpha value is -1.09. The lowest BCUT2D eigenvalue weighted by atomic mass is 10.2. The first-order valence-corrected chi connectivity index (χ1v) is 4.58. The number of anilines is 1. The van der Waals surface area contributed by atoms with Crippen molar-refractivity contribution in [1.29, 1.82) is 0 Å². The molecule has 0 aliphatic rings. The Balaban J connectivity index is 2.78. The maximum absolute atomic E-state index is 4.29. The highest BCUT2D eigenvalue weighted by molar-refractivity contribution is 5.39. The van der Waals surface area contributed by atoms with Crippen LogP contribution in [0.5, 0.6) is 0 Å². The monoisotopic (exact) mass is 179 g/mol. The Morgan fingerprint density at radius 2 is 2.31 bits per heavy atom. The van der Waals surface area contributed by atoms with E-state index in [4.69, 9.17) is 0 Å². The van der Waals surface area contributed by atoms with Gasteiger partial charge in [0.05, 0.1) is 0 Å². The van der Waals surface area contributed by atoms with E-state index in [1.165, 1.54) is 5.56 Å². The van der Waals surface area contributed by atoms with E-state index < -0.39 is 0 Å². The van der Waals surface area contributed by atoms with Crippen LogP contribution in [0.25, 0.3) is 0 Å². The van der Waals surface area contributed by atoms with Crippen molar-refractivity contribution in [2.24, 2.45) is 0 Å². The molecule has 0 amide bonds. The van der Waals surface area contributed by atoms with Crippen LogP contribution in [-0.4, -0.2) is 25.6 Å². The molecule has 0 aliphatic carbocycles. The molecule has 1 heterocycles. The highest BCUT2D eigenvalue weighted by Gasteiger charge is 1.99. The minimum atomic E-state index is 0.896. The van der Waals surface area contributed by atoms with Crippen LogP contribution in [0.4, 0.5) is 5.82 Å². The Morgan fingerprint density at radius 3 is 2.92 bits per heavy atom. The third-order valence-corrected chi connectivity index (χ3v) is 2.06. The molecule has 0 aromatic carbocycles. The predicted octanol–water partition coefficient (Wildman–Crippen LogP) is 1.26. The van der Waals surface area contributed by atoms with E-state index in [2.05, 4.69) is 28.2 Å². The van der Waals surface area contributed by atoms with Gasteiger partial charge in [0.2, 0.25) is 0 Å². The van der Waals surface area contributed by atoms with Crippen LogP contribution in [0.15, 0.2) is 18.3 Å². The fourth-order valence-corrected chi connectivity index (χ4v) is 1.15. The van der Waals surface area contributed by atoms with Crippen molar-refractivity contribution in [2.75, 3.05) is 25.5 Å². The Bertz CT molecular complexity index is 260. The summed E-state index contributed by atoms with van der Waals surface area (Å²) in [4.78, 5) is 6.41. The normalized spacial score (nSPS) is 10.1. The summed E-state index contributed by atoms with van der Waals surface area (Å²) in [5.74, 6) is 1.04. The summed E-state index contributed by atoms with van der Waals surface area (Å²) in [5, 5.41) is 3.12. The fraction of sp³-hybridized carbons (Fsp3) is 0.500. The van der Waals surface area contributed by atoms with Gasteiger partial charge in [-0.05, 0) is 31.7 Å². The zero-order valence-corrected chi connectivity index (χ0v) is 8.54. The Labute approximate surface area is 79.8 Å². The zero-order chi connectivity index (χ0) is 9.68. The van der Waals surface area contributed by atoms with E-state index >= 15 is 0 Å². The number of hydrogen-bond acceptors (Lipinski definition) is 3. The molecule has 0 atom stereocenters. The molecule has 1 aromatic heterocycles. The predicted molar refractivity (Wildman–Crippen MR) is 55.9 cm³/mol. The van der Waals surface area contributed by atoms with Gasteiger partial charge in [-0.1, -0.05) is 0 Å². The van der Waals surface area contributed by atoms with E-state index in [1.807, 2.05) is 26.4 Å². The first-order chi connectivity index (χ1) is 6.27. The van der Waals surface area contributed by atoms with Gasteiger partial charge in [-0.2, -0.15) is 0 Å². The van der Waals surface area contributed by atoms with Crippen molar-refractivity contribution in [3.8, 4) is 0 Å². The molecular weight excluding hydrogens is 162 g/mol. The molecule has 0 radical (unpaired) electrons. The van der Waals surface area contributed by atoms with Crippen LogP contribution in [0.2, 0.25) is 0 Å². The first-order valence-electron chi connectivity index (χ1n) is 4.58. The molecule has 0 bridgehead atoms. The van der Waals surface area contributed by atoms with Gasteiger partial charge < -0.3 is 10.2 Å². The Kier molecular flexibility index (Phi) is 3.71. The van der Waals surface area contributed by atoms with Crippen molar-refractivity contribution in [2.45, 2.75) is 13.5 Å². The zero-order valence-electron chi connectivity index (χ0n) is 8.54. The molecule has 1 rings (SSSR count).